The van der Waals surface area contributed by atoms with Crippen LogP contribution in [0.2, 0.25) is 5.02 Å². The first kappa shape index (κ1) is 19.8. The molecule has 3 aromatic rings. The molecule has 1 N–H and O–H groups in total. The zero-order valence-corrected chi connectivity index (χ0v) is 17.8. The maximum atomic E-state index is 13.1. The summed E-state index contributed by atoms with van der Waals surface area (Å²) in [5, 5.41) is 5.28. The van der Waals surface area contributed by atoms with Crippen molar-refractivity contribution in [3.63, 3.8) is 0 Å². The van der Waals surface area contributed by atoms with Crippen LogP contribution >= 0.6 is 22.9 Å². The zero-order valence-electron chi connectivity index (χ0n) is 16.2. The van der Waals surface area contributed by atoms with E-state index in [-0.39, 0.29) is 11.5 Å². The average Bonchev–Trinajstić information content (AvgIpc) is 3.07. The number of hydrogen-bond acceptors (Lipinski definition) is 5. The molecule has 8 heteroatoms. The van der Waals surface area contributed by atoms with Crippen molar-refractivity contribution < 1.29 is 4.79 Å². The minimum absolute atomic E-state index is 0.161. The van der Waals surface area contributed by atoms with Crippen LogP contribution in [0.5, 0.6) is 0 Å². The third-order valence-corrected chi connectivity index (χ3v) is 6.71. The van der Waals surface area contributed by atoms with E-state index < -0.39 is 6.04 Å². The van der Waals surface area contributed by atoms with Gasteiger partial charge >= 0.3 is 0 Å². The Morgan fingerprint density at radius 1 is 1.41 bits per heavy atom. The standard InChI is InChI=1S/C21H21ClN4O2S/c1-12-3-8-16-17(9-12)29-20-18(16)21(28)26(11-23-20)13(2)19(27)25-24-10-14-4-6-15(22)7-5-14/h4-7,10-13H,3,8-9H2,1-2H3,(H,25,27)/b24-10-/t12-,13-/m0/s1. The number of nitrogens with zero attached hydrogens (tertiary/aromatic N) is 3. The van der Waals surface area contributed by atoms with E-state index in [1.807, 2.05) is 0 Å². The minimum atomic E-state index is -0.722. The molecule has 0 saturated heterocycles. The fraction of sp³-hybridized carbons (Fsp3) is 0.333. The lowest BCUT2D eigenvalue weighted by Gasteiger charge is -2.18. The van der Waals surface area contributed by atoms with Gasteiger partial charge in [0, 0.05) is 9.90 Å². The number of hydrogen-bond donors (Lipinski definition) is 1. The molecule has 0 unspecified atom stereocenters. The van der Waals surface area contributed by atoms with E-state index in [1.54, 1.807) is 42.5 Å². The molecule has 4 rings (SSSR count). The molecule has 0 aliphatic heterocycles. The van der Waals surface area contributed by atoms with Crippen LogP contribution in [0.3, 0.4) is 0 Å². The smallest absolute Gasteiger partial charge is 0.263 e. The van der Waals surface area contributed by atoms with E-state index in [9.17, 15) is 9.59 Å². The number of benzene rings is 1. The van der Waals surface area contributed by atoms with Crippen LogP contribution in [0.4, 0.5) is 0 Å². The fourth-order valence-corrected chi connectivity index (χ4v) is 5.03. The fourth-order valence-electron chi connectivity index (χ4n) is 3.56. The summed E-state index contributed by atoms with van der Waals surface area (Å²) in [7, 11) is 0. The highest BCUT2D eigenvalue weighted by molar-refractivity contribution is 7.18. The first-order valence-electron chi connectivity index (χ1n) is 9.54. The molecule has 0 fully saturated rings. The molecular weight excluding hydrogens is 408 g/mol. The van der Waals surface area contributed by atoms with Crippen molar-refractivity contribution in [2.45, 2.75) is 39.2 Å². The number of rotatable bonds is 4. The van der Waals surface area contributed by atoms with Crippen LogP contribution < -0.4 is 11.0 Å². The second-order valence-electron chi connectivity index (χ2n) is 7.45. The van der Waals surface area contributed by atoms with Crippen molar-refractivity contribution in [2.75, 3.05) is 0 Å². The summed E-state index contributed by atoms with van der Waals surface area (Å²) in [6, 6.07) is 6.36. The Kier molecular flexibility index (Phi) is 5.52. The molecule has 0 spiro atoms. The second kappa shape index (κ2) is 8.08. The predicted octanol–water partition coefficient (Wildman–Crippen LogP) is 3.95. The van der Waals surface area contributed by atoms with E-state index in [4.69, 9.17) is 11.6 Å². The Labute approximate surface area is 177 Å². The van der Waals surface area contributed by atoms with Gasteiger partial charge in [0.25, 0.3) is 11.5 Å². The number of halogens is 1. The van der Waals surface area contributed by atoms with Gasteiger partial charge in [-0.1, -0.05) is 30.7 Å². The number of aryl methyl sites for hydroxylation is 1. The number of fused-ring (bicyclic) bond motifs is 3. The van der Waals surface area contributed by atoms with E-state index in [0.717, 1.165) is 35.2 Å². The summed E-state index contributed by atoms with van der Waals surface area (Å²) >= 11 is 7.45. The van der Waals surface area contributed by atoms with Gasteiger partial charge in [-0.2, -0.15) is 5.10 Å². The summed E-state index contributed by atoms with van der Waals surface area (Å²) in [5.41, 5.74) is 4.25. The third kappa shape index (κ3) is 3.97. The third-order valence-electron chi connectivity index (χ3n) is 5.30. The highest BCUT2D eigenvalue weighted by Crippen LogP contribution is 2.35. The molecule has 2 aromatic heterocycles. The quantitative estimate of drug-likeness (QED) is 0.505. The molecule has 6 nitrogen and oxygen atoms in total. The number of hydrazone groups is 1. The van der Waals surface area contributed by atoms with Crippen molar-refractivity contribution in [2.24, 2.45) is 11.0 Å². The molecule has 150 valence electrons. The summed E-state index contributed by atoms with van der Waals surface area (Å²) in [5.74, 6) is 0.247. The van der Waals surface area contributed by atoms with Gasteiger partial charge in [-0.15, -0.1) is 11.3 Å². The van der Waals surface area contributed by atoms with Gasteiger partial charge in [-0.05, 0) is 55.4 Å². The molecule has 0 saturated carbocycles. The molecule has 1 aliphatic carbocycles. The lowest BCUT2D eigenvalue weighted by molar-refractivity contribution is -0.123. The van der Waals surface area contributed by atoms with E-state index >= 15 is 0 Å². The van der Waals surface area contributed by atoms with Gasteiger partial charge in [-0.25, -0.2) is 10.4 Å². The molecule has 1 aliphatic rings. The van der Waals surface area contributed by atoms with Gasteiger partial charge in [0.2, 0.25) is 0 Å². The van der Waals surface area contributed by atoms with Crippen molar-refractivity contribution in [1.29, 1.82) is 0 Å². The van der Waals surface area contributed by atoms with Crippen molar-refractivity contribution in [3.05, 3.63) is 62.0 Å². The van der Waals surface area contributed by atoms with Crippen LogP contribution in [-0.2, 0) is 17.6 Å². The van der Waals surface area contributed by atoms with E-state index in [1.165, 1.54) is 22.0 Å². The van der Waals surface area contributed by atoms with E-state index in [2.05, 4.69) is 22.4 Å². The second-order valence-corrected chi connectivity index (χ2v) is 8.97. The first-order chi connectivity index (χ1) is 13.9. The number of carbonyl (C=O) groups excluding carboxylic acids is 1. The number of carbonyl (C=O) groups is 1. The predicted molar refractivity (Wildman–Crippen MR) is 117 cm³/mol. The molecule has 0 radical (unpaired) electrons. The molecule has 1 aromatic carbocycles. The monoisotopic (exact) mass is 428 g/mol. The lowest BCUT2D eigenvalue weighted by atomic mass is 9.89. The summed E-state index contributed by atoms with van der Waals surface area (Å²) in [4.78, 5) is 32.1. The Morgan fingerprint density at radius 2 is 2.17 bits per heavy atom. The van der Waals surface area contributed by atoms with E-state index in [0.29, 0.717) is 16.3 Å². The SMILES string of the molecule is C[C@H]1CCc2c(sc3ncn([C@@H](C)C(=O)N/N=C\c4ccc(Cl)cc4)c(=O)c23)C1. The topological polar surface area (TPSA) is 76.3 Å². The first-order valence-corrected chi connectivity index (χ1v) is 10.7. The average molecular weight is 429 g/mol. The maximum absolute atomic E-state index is 13.1. The number of amides is 1. The summed E-state index contributed by atoms with van der Waals surface area (Å²) in [6.45, 7) is 3.90. The number of nitrogens with one attached hydrogen (secondary N) is 1. The van der Waals surface area contributed by atoms with Crippen LogP contribution in [0.15, 0.2) is 40.5 Å². The summed E-state index contributed by atoms with van der Waals surface area (Å²) < 4.78 is 1.39. The number of aromatic nitrogens is 2. The molecule has 2 heterocycles. The van der Waals surface area contributed by atoms with Crippen LogP contribution in [0.1, 0.15) is 42.3 Å². The van der Waals surface area contributed by atoms with Gasteiger partial charge in [0.1, 0.15) is 10.9 Å². The molecule has 2 atom stereocenters. The Bertz CT molecular complexity index is 1150. The van der Waals surface area contributed by atoms with Gasteiger partial charge in [-0.3, -0.25) is 14.2 Å². The van der Waals surface area contributed by atoms with Gasteiger partial charge < -0.3 is 0 Å². The zero-order chi connectivity index (χ0) is 20.5. The largest absolute Gasteiger partial charge is 0.286 e. The van der Waals surface area contributed by atoms with Gasteiger partial charge in [0.15, 0.2) is 0 Å². The van der Waals surface area contributed by atoms with Crippen LogP contribution in [-0.4, -0.2) is 21.7 Å². The Morgan fingerprint density at radius 3 is 2.93 bits per heavy atom. The lowest BCUT2D eigenvalue weighted by Crippen LogP contribution is -2.34. The normalized spacial score (nSPS) is 17.4. The highest BCUT2D eigenvalue weighted by Gasteiger charge is 2.25. The van der Waals surface area contributed by atoms with Crippen molar-refractivity contribution in [3.8, 4) is 0 Å². The Balaban J connectivity index is 1.55. The van der Waals surface area contributed by atoms with Gasteiger partial charge in [0.05, 0.1) is 17.9 Å². The molecule has 0 bridgehead atoms. The van der Waals surface area contributed by atoms with Crippen LogP contribution in [0, 0.1) is 5.92 Å². The minimum Gasteiger partial charge on any atom is -0.286 e. The molecule has 29 heavy (non-hydrogen) atoms. The molecule has 1 amide bonds. The molecular formula is C21H21ClN4O2S. The highest BCUT2D eigenvalue weighted by atomic mass is 35.5. The van der Waals surface area contributed by atoms with Crippen LogP contribution in [0.25, 0.3) is 10.2 Å². The summed E-state index contributed by atoms with van der Waals surface area (Å²) in [6.07, 6.45) is 5.95. The van der Waals surface area contributed by atoms with Crippen molar-refractivity contribution in [1.82, 2.24) is 15.0 Å². The Hall–Kier alpha value is -2.51. The van der Waals surface area contributed by atoms with Crippen molar-refractivity contribution >= 4 is 45.3 Å². The number of thiophene rings is 1. The maximum Gasteiger partial charge on any atom is 0.263 e.